The summed E-state index contributed by atoms with van der Waals surface area (Å²) in [5.41, 5.74) is 5.44. The molecule has 3 heterocycles. The molecule has 0 radical (unpaired) electrons. The van der Waals surface area contributed by atoms with Gasteiger partial charge in [0.25, 0.3) is 0 Å². The Morgan fingerprint density at radius 3 is 1.48 bits per heavy atom. The van der Waals surface area contributed by atoms with Crippen molar-refractivity contribution in [3.63, 3.8) is 0 Å². The summed E-state index contributed by atoms with van der Waals surface area (Å²) < 4.78 is 9.16. The van der Waals surface area contributed by atoms with E-state index in [1.807, 2.05) is 66.7 Å². The molecule has 5 heteroatoms. The summed E-state index contributed by atoms with van der Waals surface area (Å²) in [6.45, 7) is 0. The molecule has 0 fully saturated rings. The lowest BCUT2D eigenvalue weighted by molar-refractivity contribution is 0.671. The molecule has 0 aliphatic carbocycles. The fraction of sp³-hybridized carbons (Fsp3) is 0. The van der Waals surface area contributed by atoms with E-state index in [4.69, 9.17) is 19.4 Å². The fourth-order valence-corrected chi connectivity index (χ4v) is 7.93. The minimum absolute atomic E-state index is 0.537. The van der Waals surface area contributed by atoms with Crippen molar-refractivity contribution >= 4 is 76.1 Å². The molecule has 0 bridgehead atoms. The minimum atomic E-state index is 0.537. The SMILES string of the molecule is c1ccc(-c2nc(-c3ccccc3)nc(-n3c4ccccc4c4c5c6ccccc6c6ccccc6c5c5c6ccccc6oc5c43)n2)cc1. The molecule has 11 rings (SSSR count). The maximum atomic E-state index is 6.96. The molecule has 3 aromatic heterocycles. The maximum Gasteiger partial charge on any atom is 0.238 e. The quantitative estimate of drug-likeness (QED) is 0.181. The maximum absolute atomic E-state index is 6.96. The summed E-state index contributed by atoms with van der Waals surface area (Å²) in [6, 6.07) is 54.7. The van der Waals surface area contributed by atoms with Crippen LogP contribution in [0.3, 0.4) is 0 Å². The van der Waals surface area contributed by atoms with E-state index in [1.165, 1.54) is 32.3 Å². The molecule has 0 aliphatic heterocycles. The minimum Gasteiger partial charge on any atom is -0.454 e. The van der Waals surface area contributed by atoms with Crippen LogP contribution in [0.25, 0.3) is 105 Å². The number of benzene rings is 8. The van der Waals surface area contributed by atoms with E-state index < -0.39 is 0 Å². The van der Waals surface area contributed by atoms with E-state index in [-0.39, 0.29) is 0 Å². The van der Waals surface area contributed by atoms with E-state index in [1.54, 1.807) is 0 Å². The van der Waals surface area contributed by atoms with Crippen molar-refractivity contribution in [2.24, 2.45) is 0 Å². The van der Waals surface area contributed by atoms with Gasteiger partial charge in [0.2, 0.25) is 5.95 Å². The van der Waals surface area contributed by atoms with E-state index in [0.29, 0.717) is 17.6 Å². The highest BCUT2D eigenvalue weighted by Crippen LogP contribution is 2.50. The van der Waals surface area contributed by atoms with Gasteiger partial charge in [-0.15, -0.1) is 0 Å². The van der Waals surface area contributed by atoms with E-state index in [9.17, 15) is 0 Å². The second kappa shape index (κ2) is 10.3. The van der Waals surface area contributed by atoms with Crippen molar-refractivity contribution < 1.29 is 4.42 Å². The largest absolute Gasteiger partial charge is 0.454 e. The van der Waals surface area contributed by atoms with Crippen molar-refractivity contribution in [1.82, 2.24) is 19.5 Å². The molecule has 0 atom stereocenters. The van der Waals surface area contributed by atoms with Crippen molar-refractivity contribution in [1.29, 1.82) is 0 Å². The van der Waals surface area contributed by atoms with Gasteiger partial charge in [-0.1, -0.05) is 146 Å². The van der Waals surface area contributed by atoms with E-state index in [2.05, 4.69) is 95.6 Å². The fourth-order valence-electron chi connectivity index (χ4n) is 7.93. The molecule has 5 nitrogen and oxygen atoms in total. The van der Waals surface area contributed by atoms with Gasteiger partial charge in [0, 0.05) is 43.4 Å². The highest BCUT2D eigenvalue weighted by Gasteiger charge is 2.27. The molecule has 11 aromatic rings. The summed E-state index contributed by atoms with van der Waals surface area (Å²) in [4.78, 5) is 15.5. The standard InChI is InChI=1S/C45H26N4O/c1-3-15-27(16-4-1)43-46-44(28-17-5-2-6-18-28)48-45(47-43)49-35-25-13-11-23-33(35)39-37-31-21-9-7-19-29(31)30-20-8-10-22-32(30)38(37)40-34-24-12-14-26-36(34)50-42(40)41(39)49/h1-26H. The third-order valence-corrected chi connectivity index (χ3v) is 10.0. The van der Waals surface area contributed by atoms with Crippen LogP contribution in [-0.2, 0) is 0 Å². The predicted molar refractivity (Wildman–Crippen MR) is 205 cm³/mol. The lowest BCUT2D eigenvalue weighted by Gasteiger charge is -2.14. The van der Waals surface area contributed by atoms with Gasteiger partial charge in [0.1, 0.15) is 11.1 Å². The second-order valence-corrected chi connectivity index (χ2v) is 12.7. The second-order valence-electron chi connectivity index (χ2n) is 12.7. The van der Waals surface area contributed by atoms with Crippen LogP contribution in [-0.4, -0.2) is 19.5 Å². The van der Waals surface area contributed by atoms with Crippen LogP contribution in [0, 0.1) is 0 Å². The molecule has 0 saturated carbocycles. The Bertz CT molecular complexity index is 3080. The molecule has 50 heavy (non-hydrogen) atoms. The van der Waals surface area contributed by atoms with Crippen LogP contribution in [0.5, 0.6) is 0 Å². The number of fused-ring (bicyclic) bond motifs is 15. The van der Waals surface area contributed by atoms with Gasteiger partial charge in [-0.3, -0.25) is 4.57 Å². The van der Waals surface area contributed by atoms with Crippen molar-refractivity contribution in [2.75, 3.05) is 0 Å². The van der Waals surface area contributed by atoms with Gasteiger partial charge in [0.05, 0.1) is 5.52 Å². The van der Waals surface area contributed by atoms with Gasteiger partial charge in [-0.2, -0.15) is 9.97 Å². The first-order valence-electron chi connectivity index (χ1n) is 16.8. The van der Waals surface area contributed by atoms with Gasteiger partial charge < -0.3 is 4.42 Å². The summed E-state index contributed by atoms with van der Waals surface area (Å²) in [7, 11) is 0. The van der Waals surface area contributed by atoms with Gasteiger partial charge >= 0.3 is 0 Å². The molecule has 232 valence electrons. The summed E-state index contributed by atoms with van der Waals surface area (Å²) in [5, 5.41) is 11.6. The summed E-state index contributed by atoms with van der Waals surface area (Å²) >= 11 is 0. The summed E-state index contributed by atoms with van der Waals surface area (Å²) in [5.74, 6) is 1.76. The molecule has 0 amide bonds. The average molecular weight is 639 g/mol. The average Bonchev–Trinajstić information content (AvgIpc) is 3.75. The third kappa shape index (κ3) is 3.74. The zero-order valence-corrected chi connectivity index (χ0v) is 26.7. The number of nitrogens with zero attached hydrogens (tertiary/aromatic N) is 4. The number of hydrogen-bond acceptors (Lipinski definition) is 4. The van der Waals surface area contributed by atoms with E-state index in [0.717, 1.165) is 54.9 Å². The first-order chi connectivity index (χ1) is 24.8. The van der Waals surface area contributed by atoms with Crippen LogP contribution in [0.4, 0.5) is 0 Å². The van der Waals surface area contributed by atoms with Gasteiger partial charge in [0.15, 0.2) is 17.2 Å². The zero-order chi connectivity index (χ0) is 32.8. The van der Waals surface area contributed by atoms with Crippen molar-refractivity contribution in [2.45, 2.75) is 0 Å². The molecular formula is C45H26N4O. The van der Waals surface area contributed by atoms with Gasteiger partial charge in [-0.05, 0) is 33.7 Å². The van der Waals surface area contributed by atoms with Crippen LogP contribution >= 0.6 is 0 Å². The smallest absolute Gasteiger partial charge is 0.238 e. The highest BCUT2D eigenvalue weighted by molar-refractivity contribution is 6.44. The number of para-hydroxylation sites is 2. The Morgan fingerprint density at radius 1 is 0.380 bits per heavy atom. The zero-order valence-electron chi connectivity index (χ0n) is 26.7. The molecule has 0 saturated heterocycles. The molecule has 0 aliphatic rings. The number of rotatable bonds is 3. The van der Waals surface area contributed by atoms with Crippen LogP contribution in [0.15, 0.2) is 162 Å². The molecule has 0 N–H and O–H groups in total. The molecule has 0 spiro atoms. The van der Waals surface area contributed by atoms with Crippen molar-refractivity contribution in [3.05, 3.63) is 158 Å². The molecule has 8 aromatic carbocycles. The highest BCUT2D eigenvalue weighted by atomic mass is 16.3. The molecular weight excluding hydrogens is 613 g/mol. The van der Waals surface area contributed by atoms with E-state index >= 15 is 0 Å². The normalized spacial score (nSPS) is 12.0. The predicted octanol–water partition coefficient (Wildman–Crippen LogP) is 11.7. The Hall–Kier alpha value is -6.85. The van der Waals surface area contributed by atoms with Crippen LogP contribution < -0.4 is 0 Å². The first kappa shape index (κ1) is 27.1. The topological polar surface area (TPSA) is 56.7 Å². The number of aromatic nitrogens is 4. The lowest BCUT2D eigenvalue weighted by Crippen LogP contribution is -2.06. The van der Waals surface area contributed by atoms with Crippen LogP contribution in [0.1, 0.15) is 0 Å². The lowest BCUT2D eigenvalue weighted by atomic mass is 9.89. The third-order valence-electron chi connectivity index (χ3n) is 10.0. The first-order valence-corrected chi connectivity index (χ1v) is 16.8. The monoisotopic (exact) mass is 638 g/mol. The Kier molecular flexibility index (Phi) is 5.60. The summed E-state index contributed by atoms with van der Waals surface area (Å²) in [6.07, 6.45) is 0. The van der Waals surface area contributed by atoms with Crippen LogP contribution in [0.2, 0.25) is 0 Å². The number of furan rings is 1. The van der Waals surface area contributed by atoms with Crippen molar-refractivity contribution in [3.8, 4) is 28.7 Å². The Labute approximate surface area is 285 Å². The Morgan fingerprint density at radius 2 is 0.860 bits per heavy atom. The Balaban J connectivity index is 1.42. The van der Waals surface area contributed by atoms with Gasteiger partial charge in [-0.25, -0.2) is 4.98 Å². The number of hydrogen-bond donors (Lipinski definition) is 0. The molecule has 0 unspecified atom stereocenters.